The van der Waals surface area contributed by atoms with Gasteiger partial charge in [-0.05, 0) is 24.3 Å². The molecule has 6 rings (SSSR count). The molecule has 0 spiro atoms. The molecule has 6 aromatic rings. The van der Waals surface area contributed by atoms with E-state index >= 15 is 0 Å². The summed E-state index contributed by atoms with van der Waals surface area (Å²) in [6.45, 7) is 1.24. The third-order valence-electron chi connectivity index (χ3n) is 6.60. The first kappa shape index (κ1) is 23.2. The van der Waals surface area contributed by atoms with Gasteiger partial charge in [0.25, 0.3) is 5.91 Å². The first-order valence-corrected chi connectivity index (χ1v) is 12.0. The maximum atomic E-state index is 13.2. The van der Waals surface area contributed by atoms with Crippen molar-refractivity contribution in [3.63, 3.8) is 0 Å². The molecule has 0 unspecified atom stereocenters. The van der Waals surface area contributed by atoms with Gasteiger partial charge in [-0.1, -0.05) is 24.3 Å². The molecule has 4 heterocycles. The van der Waals surface area contributed by atoms with Crippen LogP contribution in [0.2, 0.25) is 0 Å². The number of nitrogen functional groups attached to an aromatic ring is 1. The first-order chi connectivity index (χ1) is 18.5. The lowest BCUT2D eigenvalue weighted by Crippen LogP contribution is -2.16. The Hall–Kier alpha value is -5.19. The number of methoxy groups -OCH3 is 1. The Kier molecular flexibility index (Phi) is 5.72. The fourth-order valence-corrected chi connectivity index (χ4v) is 4.65. The fraction of sp³-hybridized carbons (Fsp3) is 0.148. The zero-order valence-electron chi connectivity index (χ0n) is 20.9. The molecule has 1 amide bonds. The van der Waals surface area contributed by atoms with Gasteiger partial charge < -0.3 is 24.9 Å². The number of rotatable bonds is 7. The van der Waals surface area contributed by atoms with Crippen LogP contribution < -0.4 is 15.8 Å². The van der Waals surface area contributed by atoms with Crippen molar-refractivity contribution >= 4 is 39.3 Å². The van der Waals surface area contributed by atoms with Crippen LogP contribution in [-0.4, -0.2) is 46.9 Å². The highest BCUT2D eigenvalue weighted by Gasteiger charge is 2.20. The molecule has 0 saturated carbocycles. The maximum Gasteiger partial charge on any atom is 0.272 e. The Balaban J connectivity index is 1.34. The molecule has 11 nitrogen and oxygen atoms in total. The van der Waals surface area contributed by atoms with Crippen LogP contribution in [0.25, 0.3) is 33.2 Å². The van der Waals surface area contributed by atoms with Gasteiger partial charge in [0.1, 0.15) is 29.3 Å². The van der Waals surface area contributed by atoms with Crippen molar-refractivity contribution in [1.82, 2.24) is 33.9 Å². The molecular formula is C27H25N9O2. The van der Waals surface area contributed by atoms with Crippen LogP contribution in [0.4, 0.5) is 11.5 Å². The molecule has 0 fully saturated rings. The molecule has 2 aromatic carbocycles. The number of aromatic nitrogens is 7. The molecule has 38 heavy (non-hydrogen) atoms. The van der Waals surface area contributed by atoms with Crippen LogP contribution in [0.1, 0.15) is 10.5 Å². The molecule has 0 aliphatic carbocycles. The summed E-state index contributed by atoms with van der Waals surface area (Å²) in [5.41, 5.74) is 10.4. The number of ether oxygens (including phenoxy) is 1. The molecule has 4 aromatic heterocycles. The van der Waals surface area contributed by atoms with E-state index < -0.39 is 0 Å². The quantitative estimate of drug-likeness (QED) is 0.337. The lowest BCUT2D eigenvalue weighted by molar-refractivity contribution is 0.101. The summed E-state index contributed by atoms with van der Waals surface area (Å²) in [5, 5.41) is 9.46. The highest BCUT2D eigenvalue weighted by Crippen LogP contribution is 2.35. The number of carbonyl (C=O) groups excluding carboxylic acids is 1. The van der Waals surface area contributed by atoms with Gasteiger partial charge in [-0.15, -0.1) is 0 Å². The molecule has 0 radical (unpaired) electrons. The molecule has 11 heteroatoms. The van der Waals surface area contributed by atoms with Crippen LogP contribution in [-0.2, 0) is 20.1 Å². The van der Waals surface area contributed by atoms with E-state index in [9.17, 15) is 4.79 Å². The topological polar surface area (TPSA) is 131 Å². The first-order valence-electron chi connectivity index (χ1n) is 12.0. The Bertz CT molecular complexity index is 1780. The third-order valence-corrected chi connectivity index (χ3v) is 6.60. The van der Waals surface area contributed by atoms with Gasteiger partial charge in [0.05, 0.1) is 31.1 Å². The minimum Gasteiger partial charge on any atom is -0.495 e. The monoisotopic (exact) mass is 507 g/mol. The number of nitrogens with one attached hydrogen (secondary N) is 1. The number of hydrogen-bond acceptors (Lipinski definition) is 7. The molecule has 3 N–H and O–H groups in total. The number of benzene rings is 2. The van der Waals surface area contributed by atoms with Gasteiger partial charge in [0.15, 0.2) is 5.65 Å². The molecule has 190 valence electrons. The molecule has 0 saturated heterocycles. The van der Waals surface area contributed by atoms with Crippen LogP contribution in [0.5, 0.6) is 5.75 Å². The summed E-state index contributed by atoms with van der Waals surface area (Å²) in [6.07, 6.45) is 6.82. The van der Waals surface area contributed by atoms with Crippen molar-refractivity contribution in [2.24, 2.45) is 7.05 Å². The number of aryl methyl sites for hydroxylation is 3. The standard InChI is InChI=1S/C27H25N9O2/c1-34-20-6-4-3-5-17(20)13-21(34)27(37)32-19-8-7-18(14-22(19)38-2)24-23-25(28)30-15-31-26(23)36(33-24)12-11-35-10-9-29-16-35/h3-10,13-16H,11-12H2,1-2H3,(H,32,37)(H2,28,30,31). The van der Waals surface area contributed by atoms with Crippen molar-refractivity contribution in [2.75, 3.05) is 18.2 Å². The second-order valence-electron chi connectivity index (χ2n) is 8.85. The van der Waals surface area contributed by atoms with E-state index in [4.69, 9.17) is 15.6 Å². The number of para-hydroxylation sites is 1. The SMILES string of the molecule is COc1cc(-c2nn(CCn3ccnc3)c3ncnc(N)c23)ccc1NC(=O)c1cc2ccccc2n1C. The molecular weight excluding hydrogens is 482 g/mol. The number of amides is 1. The Morgan fingerprint density at radius 2 is 1.97 bits per heavy atom. The fourth-order valence-electron chi connectivity index (χ4n) is 4.65. The number of anilines is 2. The number of imidazole rings is 1. The molecule has 0 bridgehead atoms. The summed E-state index contributed by atoms with van der Waals surface area (Å²) in [7, 11) is 3.43. The average Bonchev–Trinajstić information content (AvgIpc) is 3.66. The van der Waals surface area contributed by atoms with Gasteiger partial charge in [-0.2, -0.15) is 5.10 Å². The van der Waals surface area contributed by atoms with Crippen molar-refractivity contribution in [2.45, 2.75) is 13.1 Å². The zero-order valence-corrected chi connectivity index (χ0v) is 20.9. The van der Waals surface area contributed by atoms with Crippen LogP contribution in [0.3, 0.4) is 0 Å². The van der Waals surface area contributed by atoms with E-state index in [1.54, 1.807) is 25.7 Å². The van der Waals surface area contributed by atoms with E-state index in [1.165, 1.54) is 6.33 Å². The van der Waals surface area contributed by atoms with Crippen molar-refractivity contribution in [1.29, 1.82) is 0 Å². The summed E-state index contributed by atoms with van der Waals surface area (Å²) in [6, 6.07) is 15.2. The summed E-state index contributed by atoms with van der Waals surface area (Å²) in [4.78, 5) is 25.9. The highest BCUT2D eigenvalue weighted by atomic mass is 16.5. The minimum atomic E-state index is -0.235. The Labute approximate surface area is 217 Å². The van der Waals surface area contributed by atoms with E-state index in [0.717, 1.165) is 16.5 Å². The smallest absolute Gasteiger partial charge is 0.272 e. The minimum absolute atomic E-state index is 0.235. The van der Waals surface area contributed by atoms with Gasteiger partial charge in [-0.3, -0.25) is 4.79 Å². The number of fused-ring (bicyclic) bond motifs is 2. The summed E-state index contributed by atoms with van der Waals surface area (Å²) >= 11 is 0. The third kappa shape index (κ3) is 3.99. The zero-order chi connectivity index (χ0) is 26.2. The van der Waals surface area contributed by atoms with E-state index in [-0.39, 0.29) is 5.91 Å². The predicted octanol–water partition coefficient (Wildman–Crippen LogP) is 3.72. The van der Waals surface area contributed by atoms with Gasteiger partial charge in [0.2, 0.25) is 0 Å². The highest BCUT2D eigenvalue weighted by molar-refractivity contribution is 6.07. The average molecular weight is 508 g/mol. The summed E-state index contributed by atoms with van der Waals surface area (Å²) in [5.74, 6) is 0.596. The number of nitrogens with zero attached hydrogens (tertiary/aromatic N) is 7. The van der Waals surface area contributed by atoms with E-state index in [0.29, 0.717) is 52.8 Å². The van der Waals surface area contributed by atoms with E-state index in [2.05, 4.69) is 20.3 Å². The van der Waals surface area contributed by atoms with Gasteiger partial charge in [0, 0.05) is 42.5 Å². The van der Waals surface area contributed by atoms with E-state index in [1.807, 2.05) is 69.5 Å². The van der Waals surface area contributed by atoms with Crippen molar-refractivity contribution in [3.8, 4) is 17.0 Å². The lowest BCUT2D eigenvalue weighted by Gasteiger charge is -2.12. The van der Waals surface area contributed by atoms with Crippen molar-refractivity contribution < 1.29 is 9.53 Å². The largest absolute Gasteiger partial charge is 0.495 e. The number of carbonyl (C=O) groups is 1. The maximum absolute atomic E-state index is 13.2. The number of nitrogens with two attached hydrogens (primary N) is 1. The summed E-state index contributed by atoms with van der Waals surface area (Å²) < 4.78 is 11.3. The Morgan fingerprint density at radius 3 is 2.76 bits per heavy atom. The normalized spacial score (nSPS) is 11.3. The van der Waals surface area contributed by atoms with Gasteiger partial charge >= 0.3 is 0 Å². The molecule has 0 atom stereocenters. The van der Waals surface area contributed by atoms with Gasteiger partial charge in [-0.25, -0.2) is 19.6 Å². The van der Waals surface area contributed by atoms with Crippen LogP contribution >= 0.6 is 0 Å². The van der Waals surface area contributed by atoms with Crippen LogP contribution in [0.15, 0.2) is 73.6 Å². The predicted molar refractivity (Wildman–Crippen MR) is 145 cm³/mol. The second kappa shape index (κ2) is 9.36. The number of hydrogen-bond donors (Lipinski definition) is 2. The van der Waals surface area contributed by atoms with Crippen molar-refractivity contribution in [3.05, 3.63) is 79.3 Å². The Morgan fingerprint density at radius 1 is 1.11 bits per heavy atom. The van der Waals surface area contributed by atoms with Crippen LogP contribution in [0, 0.1) is 0 Å². The second-order valence-corrected chi connectivity index (χ2v) is 8.85. The lowest BCUT2D eigenvalue weighted by atomic mass is 10.1. The molecule has 0 aliphatic rings. The molecule has 0 aliphatic heterocycles.